The van der Waals surface area contributed by atoms with E-state index in [2.05, 4.69) is 76.7 Å². The third-order valence-corrected chi connectivity index (χ3v) is 10.1. The maximum Gasteiger partial charge on any atom is 0.427 e. The van der Waals surface area contributed by atoms with Crippen LogP contribution in [0.2, 0.25) is 0 Å². The maximum absolute atomic E-state index is 11.9. The SMILES string of the molecule is CC1CCC(Cn2c(N3CCO[C@H](C)[C@H]3c3ccccc3)nc3nc(C4NOC(=O)N4)nc(N[C@H](C)C4CCC4)c32)CC1. The van der Waals surface area contributed by atoms with Crippen LogP contribution in [0.5, 0.6) is 0 Å². The van der Waals surface area contributed by atoms with E-state index < -0.39 is 12.3 Å². The molecule has 11 heteroatoms. The van der Waals surface area contributed by atoms with Crippen LogP contribution in [-0.4, -0.2) is 50.9 Å². The van der Waals surface area contributed by atoms with Crippen LogP contribution >= 0.6 is 0 Å². The van der Waals surface area contributed by atoms with Gasteiger partial charge in [0.1, 0.15) is 5.52 Å². The predicted molar refractivity (Wildman–Crippen MR) is 164 cm³/mol. The Bertz CT molecular complexity index is 1440. The fourth-order valence-electron chi connectivity index (χ4n) is 7.26. The molecule has 3 N–H and O–H groups in total. The maximum atomic E-state index is 11.9. The molecule has 230 valence electrons. The lowest BCUT2D eigenvalue weighted by molar-refractivity contribution is 0.0221. The summed E-state index contributed by atoms with van der Waals surface area (Å²) in [5.41, 5.74) is 5.49. The number of hydrogen-bond acceptors (Lipinski definition) is 9. The number of amides is 1. The first kappa shape index (κ1) is 28.3. The number of aromatic nitrogens is 4. The molecular formula is C32H44N8O3. The number of ether oxygens (including phenoxy) is 1. The van der Waals surface area contributed by atoms with Gasteiger partial charge >= 0.3 is 6.09 Å². The second-order valence-corrected chi connectivity index (χ2v) is 13.1. The average molecular weight is 589 g/mol. The lowest BCUT2D eigenvalue weighted by atomic mass is 9.80. The Morgan fingerprint density at radius 1 is 1.05 bits per heavy atom. The summed E-state index contributed by atoms with van der Waals surface area (Å²) in [6.07, 6.45) is 7.44. The van der Waals surface area contributed by atoms with Gasteiger partial charge in [-0.2, -0.15) is 4.98 Å². The number of nitrogens with one attached hydrogen (secondary N) is 3. The molecule has 7 rings (SSSR count). The quantitative estimate of drug-likeness (QED) is 0.315. The Morgan fingerprint density at radius 3 is 2.53 bits per heavy atom. The molecule has 1 aromatic carbocycles. The standard InChI is InChI=1S/C32H44N8O3/c1-19-12-14-22(15-13-19)18-40-26-27(33-20(2)23-10-7-11-23)34-29(30-37-32(41)43-38-30)35-28(26)36-31(40)39-16-17-42-21(3)25(39)24-8-5-4-6-9-24/h4-6,8-9,19-23,25,30,38H,7,10-18H2,1-3H3,(H,37,41)(H,33,34,35)/t19?,20-,21-,22?,25+,30?/m1/s1. The molecule has 4 heterocycles. The van der Waals surface area contributed by atoms with Crippen molar-refractivity contribution in [2.24, 2.45) is 17.8 Å². The van der Waals surface area contributed by atoms with Gasteiger partial charge in [0.05, 0.1) is 18.8 Å². The summed E-state index contributed by atoms with van der Waals surface area (Å²) in [4.78, 5) is 34.5. The Hall–Kier alpha value is -3.44. The minimum atomic E-state index is -0.648. The first-order valence-corrected chi connectivity index (χ1v) is 16.2. The molecule has 0 spiro atoms. The Labute approximate surface area is 253 Å². The third-order valence-electron chi connectivity index (χ3n) is 10.1. The second kappa shape index (κ2) is 11.9. The van der Waals surface area contributed by atoms with Crippen LogP contribution < -0.4 is 21.0 Å². The number of fused-ring (bicyclic) bond motifs is 1. The van der Waals surface area contributed by atoms with Crippen LogP contribution in [0.25, 0.3) is 11.2 Å². The highest BCUT2D eigenvalue weighted by Crippen LogP contribution is 2.39. The molecule has 2 aliphatic carbocycles. The van der Waals surface area contributed by atoms with E-state index in [4.69, 9.17) is 24.5 Å². The Morgan fingerprint density at radius 2 is 1.84 bits per heavy atom. The summed E-state index contributed by atoms with van der Waals surface area (Å²) < 4.78 is 8.60. The van der Waals surface area contributed by atoms with Crippen molar-refractivity contribution in [1.29, 1.82) is 0 Å². The summed E-state index contributed by atoms with van der Waals surface area (Å²) >= 11 is 0. The Kier molecular flexibility index (Phi) is 7.85. The molecule has 2 saturated carbocycles. The van der Waals surface area contributed by atoms with E-state index in [1.54, 1.807) is 0 Å². The number of carbonyl (C=O) groups is 1. The first-order valence-electron chi connectivity index (χ1n) is 16.2. The van der Waals surface area contributed by atoms with Gasteiger partial charge < -0.3 is 24.4 Å². The molecule has 0 bridgehead atoms. The lowest BCUT2D eigenvalue weighted by Crippen LogP contribution is -2.45. The van der Waals surface area contributed by atoms with Crippen molar-refractivity contribution >= 4 is 29.0 Å². The zero-order valence-corrected chi connectivity index (χ0v) is 25.5. The van der Waals surface area contributed by atoms with Crippen LogP contribution in [0.1, 0.15) is 89.3 Å². The summed E-state index contributed by atoms with van der Waals surface area (Å²) in [5.74, 6) is 4.05. The van der Waals surface area contributed by atoms with Crippen molar-refractivity contribution in [3.63, 3.8) is 0 Å². The van der Waals surface area contributed by atoms with Gasteiger partial charge in [-0.1, -0.05) is 56.5 Å². The van der Waals surface area contributed by atoms with Crippen LogP contribution in [0.4, 0.5) is 16.6 Å². The molecule has 11 nitrogen and oxygen atoms in total. The van der Waals surface area contributed by atoms with Gasteiger partial charge in [0.15, 0.2) is 23.5 Å². The fourth-order valence-corrected chi connectivity index (χ4v) is 7.26. The van der Waals surface area contributed by atoms with Gasteiger partial charge in [0.2, 0.25) is 5.95 Å². The van der Waals surface area contributed by atoms with Crippen molar-refractivity contribution in [2.75, 3.05) is 23.4 Å². The number of morpholine rings is 1. The number of rotatable bonds is 8. The lowest BCUT2D eigenvalue weighted by Gasteiger charge is -2.41. The van der Waals surface area contributed by atoms with E-state index in [1.807, 2.05) is 0 Å². The van der Waals surface area contributed by atoms with Crippen LogP contribution in [-0.2, 0) is 16.1 Å². The van der Waals surface area contributed by atoms with Gasteiger partial charge in [-0.3, -0.25) is 5.32 Å². The molecule has 4 fully saturated rings. The van der Waals surface area contributed by atoms with Gasteiger partial charge in [-0.25, -0.2) is 14.8 Å². The fraction of sp³-hybridized carbons (Fsp3) is 0.625. The van der Waals surface area contributed by atoms with Crippen molar-refractivity contribution in [3.8, 4) is 0 Å². The number of benzene rings is 1. The van der Waals surface area contributed by atoms with Gasteiger partial charge in [-0.05, 0) is 62.8 Å². The van der Waals surface area contributed by atoms with Crippen molar-refractivity contribution in [3.05, 3.63) is 41.7 Å². The molecular weight excluding hydrogens is 544 g/mol. The third kappa shape index (κ3) is 5.64. The van der Waals surface area contributed by atoms with E-state index in [0.717, 1.165) is 36.3 Å². The van der Waals surface area contributed by atoms with E-state index in [9.17, 15) is 4.79 Å². The largest absolute Gasteiger partial charge is 0.427 e. The van der Waals surface area contributed by atoms with E-state index in [-0.39, 0.29) is 18.2 Å². The van der Waals surface area contributed by atoms with Crippen LogP contribution in [0.3, 0.4) is 0 Å². The molecule has 2 aliphatic heterocycles. The summed E-state index contributed by atoms with van der Waals surface area (Å²) in [7, 11) is 0. The highest BCUT2D eigenvalue weighted by molar-refractivity contribution is 5.86. The molecule has 2 aromatic heterocycles. The highest BCUT2D eigenvalue weighted by Gasteiger charge is 2.37. The molecule has 2 saturated heterocycles. The number of hydrogen-bond donors (Lipinski definition) is 3. The summed E-state index contributed by atoms with van der Waals surface area (Å²) in [6, 6.07) is 10.9. The molecule has 1 unspecified atom stereocenters. The topological polar surface area (TPSA) is 118 Å². The molecule has 3 aromatic rings. The van der Waals surface area contributed by atoms with E-state index >= 15 is 0 Å². The number of hydroxylamine groups is 1. The summed E-state index contributed by atoms with van der Waals surface area (Å²) in [5, 5.41) is 6.54. The normalized spacial score (nSPS) is 28.8. The average Bonchev–Trinajstić information content (AvgIpc) is 3.57. The zero-order valence-electron chi connectivity index (χ0n) is 25.5. The molecule has 4 atom stereocenters. The number of nitrogens with zero attached hydrogens (tertiary/aromatic N) is 5. The highest BCUT2D eigenvalue weighted by atomic mass is 16.7. The van der Waals surface area contributed by atoms with Crippen molar-refractivity contribution in [2.45, 2.75) is 96.6 Å². The van der Waals surface area contributed by atoms with Gasteiger partial charge in [0.25, 0.3) is 0 Å². The number of carbonyl (C=O) groups excluding carboxylic acids is 1. The van der Waals surface area contributed by atoms with Crippen molar-refractivity contribution < 1.29 is 14.4 Å². The number of anilines is 2. The summed E-state index contributed by atoms with van der Waals surface area (Å²) in [6.45, 7) is 8.98. The molecule has 0 radical (unpaired) electrons. The smallest absolute Gasteiger partial charge is 0.374 e. The van der Waals surface area contributed by atoms with Crippen LogP contribution in [0.15, 0.2) is 30.3 Å². The van der Waals surface area contributed by atoms with Gasteiger partial charge in [0, 0.05) is 19.1 Å². The Balaban J connectivity index is 1.37. The molecule has 43 heavy (non-hydrogen) atoms. The van der Waals surface area contributed by atoms with E-state index in [1.165, 1.54) is 50.5 Å². The van der Waals surface area contributed by atoms with Gasteiger partial charge in [-0.15, -0.1) is 5.48 Å². The zero-order chi connectivity index (χ0) is 29.5. The first-order chi connectivity index (χ1) is 20.9. The molecule has 4 aliphatic rings. The second-order valence-electron chi connectivity index (χ2n) is 13.1. The number of imidazole rings is 1. The minimum absolute atomic E-state index is 0.00660. The monoisotopic (exact) mass is 588 g/mol. The molecule has 1 amide bonds. The minimum Gasteiger partial charge on any atom is -0.374 e. The predicted octanol–water partition coefficient (Wildman–Crippen LogP) is 5.46. The van der Waals surface area contributed by atoms with E-state index in [0.29, 0.717) is 29.9 Å². The van der Waals surface area contributed by atoms with Crippen LogP contribution in [0, 0.1) is 17.8 Å². The van der Waals surface area contributed by atoms with Crippen molar-refractivity contribution in [1.82, 2.24) is 30.3 Å².